The Kier molecular flexibility index (Phi) is 7.09. The maximum Gasteiger partial charge on any atom is 0.328 e. The Morgan fingerprint density at radius 3 is 2.49 bits per heavy atom. The Morgan fingerprint density at radius 1 is 1.17 bits per heavy atom. The summed E-state index contributed by atoms with van der Waals surface area (Å²) in [6.07, 6.45) is 4.74. The fourth-order valence-corrected chi connectivity index (χ4v) is 4.19. The van der Waals surface area contributed by atoms with Gasteiger partial charge < -0.3 is 15.4 Å². The van der Waals surface area contributed by atoms with Gasteiger partial charge in [-0.2, -0.15) is 0 Å². The van der Waals surface area contributed by atoms with Gasteiger partial charge in [0.15, 0.2) is 0 Å². The van der Waals surface area contributed by atoms with E-state index in [1.807, 2.05) is 0 Å². The fourth-order valence-electron chi connectivity index (χ4n) is 3.54. The van der Waals surface area contributed by atoms with Gasteiger partial charge in [-0.1, -0.05) is 23.2 Å². The second kappa shape index (κ2) is 10.1. The van der Waals surface area contributed by atoms with E-state index >= 15 is 0 Å². The second-order valence-corrected chi connectivity index (χ2v) is 8.92. The van der Waals surface area contributed by atoms with Crippen molar-refractivity contribution in [2.24, 2.45) is 5.92 Å². The number of rotatable bonds is 7. The van der Waals surface area contributed by atoms with Gasteiger partial charge in [0.2, 0.25) is 5.91 Å². The van der Waals surface area contributed by atoms with Crippen molar-refractivity contribution in [2.75, 3.05) is 11.9 Å². The summed E-state index contributed by atoms with van der Waals surface area (Å²) in [4.78, 5) is 54.1. The van der Waals surface area contributed by atoms with E-state index in [0.717, 1.165) is 12.8 Å². The number of nitrogens with zero attached hydrogens (tertiary/aromatic N) is 2. The first-order valence-electron chi connectivity index (χ1n) is 11.0. The number of halogens is 2. The number of carbonyl (C=O) groups is 4. The highest BCUT2D eigenvalue weighted by molar-refractivity contribution is 6.40. The summed E-state index contributed by atoms with van der Waals surface area (Å²) in [6, 6.07) is 5.05. The molecule has 4 rings (SSSR count). The molecule has 0 spiro atoms. The molecular formula is C24H22Cl2N4O5. The summed E-state index contributed by atoms with van der Waals surface area (Å²) in [5.41, 5.74) is 0.592. The minimum absolute atomic E-state index is 0.00111. The third-order valence-electron chi connectivity index (χ3n) is 5.53. The van der Waals surface area contributed by atoms with Crippen molar-refractivity contribution < 1.29 is 23.9 Å². The van der Waals surface area contributed by atoms with E-state index in [2.05, 4.69) is 15.6 Å². The predicted molar refractivity (Wildman–Crippen MR) is 131 cm³/mol. The summed E-state index contributed by atoms with van der Waals surface area (Å²) in [5.74, 6) is -1.42. The molecule has 0 radical (unpaired) electrons. The minimum atomic E-state index is -0.879. The number of hydrogen-bond acceptors (Lipinski definition) is 6. The quantitative estimate of drug-likeness (QED) is 0.457. The highest BCUT2D eigenvalue weighted by Crippen LogP contribution is 2.32. The number of hydrogen-bond donors (Lipinski definition) is 2. The van der Waals surface area contributed by atoms with Gasteiger partial charge in [0, 0.05) is 29.3 Å². The molecule has 1 aromatic carbocycles. The van der Waals surface area contributed by atoms with E-state index in [1.165, 1.54) is 36.0 Å². The molecule has 9 nitrogen and oxygen atoms in total. The van der Waals surface area contributed by atoms with Crippen LogP contribution in [-0.4, -0.2) is 45.9 Å². The molecule has 0 saturated heterocycles. The molecule has 11 heteroatoms. The van der Waals surface area contributed by atoms with E-state index < -0.39 is 23.8 Å². The average molecular weight is 517 g/mol. The van der Waals surface area contributed by atoms with Crippen LogP contribution in [0.1, 0.15) is 47.4 Å². The predicted octanol–water partition coefficient (Wildman–Crippen LogP) is 4.06. The number of benzene rings is 1. The van der Waals surface area contributed by atoms with Gasteiger partial charge in [0.05, 0.1) is 27.7 Å². The Balaban J connectivity index is 1.59. The van der Waals surface area contributed by atoms with E-state index in [-0.39, 0.29) is 39.6 Å². The standard InChI is InChI=1S/C24H22Cl2N4O5/c1-3-35-24(34)12(2)28-22(32)14-10-16(25)19(17(26)11-14)23(33)30-9-7-15-18(30)6-8-27-20(15)29-21(31)13-4-5-13/h6-13H,3-5H2,1-2H3,(H,28,32)(H,27,29,31). The van der Waals surface area contributed by atoms with Gasteiger partial charge in [0.25, 0.3) is 11.8 Å². The average Bonchev–Trinajstić information content (AvgIpc) is 3.57. The lowest BCUT2D eigenvalue weighted by Crippen LogP contribution is -2.39. The van der Waals surface area contributed by atoms with Crippen LogP contribution in [-0.2, 0) is 14.3 Å². The fraction of sp³-hybridized carbons (Fsp3) is 0.292. The van der Waals surface area contributed by atoms with E-state index in [0.29, 0.717) is 16.7 Å². The second-order valence-electron chi connectivity index (χ2n) is 8.11. The Hall–Kier alpha value is -3.43. The van der Waals surface area contributed by atoms with Crippen LogP contribution in [0.2, 0.25) is 10.0 Å². The molecule has 2 aromatic heterocycles. The summed E-state index contributed by atoms with van der Waals surface area (Å²) < 4.78 is 6.23. The molecule has 0 aliphatic heterocycles. The van der Waals surface area contributed by atoms with Crippen LogP contribution in [0.15, 0.2) is 36.7 Å². The molecule has 2 N–H and O–H groups in total. The third-order valence-corrected chi connectivity index (χ3v) is 6.13. The monoisotopic (exact) mass is 516 g/mol. The third kappa shape index (κ3) is 5.16. The van der Waals surface area contributed by atoms with Crippen LogP contribution >= 0.6 is 23.2 Å². The number of amides is 2. The summed E-state index contributed by atoms with van der Waals surface area (Å²) >= 11 is 12.7. The summed E-state index contributed by atoms with van der Waals surface area (Å²) in [7, 11) is 0. The molecule has 1 fully saturated rings. The van der Waals surface area contributed by atoms with Gasteiger partial charge in [0.1, 0.15) is 11.9 Å². The lowest BCUT2D eigenvalue weighted by atomic mass is 10.1. The van der Waals surface area contributed by atoms with Crippen molar-refractivity contribution in [3.63, 3.8) is 0 Å². The molecular weight excluding hydrogens is 495 g/mol. The number of pyridine rings is 1. The summed E-state index contributed by atoms with van der Waals surface area (Å²) in [6.45, 7) is 3.34. The highest BCUT2D eigenvalue weighted by Gasteiger charge is 2.30. The molecule has 1 aliphatic carbocycles. The molecule has 1 aliphatic rings. The van der Waals surface area contributed by atoms with Crippen LogP contribution in [0, 0.1) is 5.92 Å². The molecule has 1 atom stereocenters. The summed E-state index contributed by atoms with van der Waals surface area (Å²) in [5, 5.41) is 5.84. The van der Waals surface area contributed by atoms with Crippen molar-refractivity contribution in [1.82, 2.24) is 14.9 Å². The highest BCUT2D eigenvalue weighted by atomic mass is 35.5. The number of nitrogens with one attached hydrogen (secondary N) is 2. The zero-order valence-corrected chi connectivity index (χ0v) is 20.4. The van der Waals surface area contributed by atoms with Gasteiger partial charge in [-0.25, -0.2) is 9.78 Å². The maximum absolute atomic E-state index is 13.4. The Labute approximate surface area is 210 Å². The lowest BCUT2D eigenvalue weighted by molar-refractivity contribution is -0.144. The zero-order valence-electron chi connectivity index (χ0n) is 18.9. The first kappa shape index (κ1) is 24.7. The molecule has 1 saturated carbocycles. The minimum Gasteiger partial charge on any atom is -0.464 e. The number of anilines is 1. The van der Waals surface area contributed by atoms with Crippen molar-refractivity contribution in [2.45, 2.75) is 32.7 Å². The number of fused-ring (bicyclic) bond motifs is 1. The van der Waals surface area contributed by atoms with Crippen LogP contribution in [0.4, 0.5) is 5.82 Å². The smallest absolute Gasteiger partial charge is 0.328 e. The number of ether oxygens (including phenoxy) is 1. The zero-order chi connectivity index (χ0) is 25.3. The van der Waals surface area contributed by atoms with Gasteiger partial charge >= 0.3 is 5.97 Å². The molecule has 182 valence electrons. The lowest BCUT2D eigenvalue weighted by Gasteiger charge is -2.14. The van der Waals surface area contributed by atoms with Gasteiger partial charge in [-0.3, -0.25) is 19.0 Å². The number of esters is 1. The number of aromatic nitrogens is 2. The number of carbonyl (C=O) groups excluding carboxylic acids is 4. The topological polar surface area (TPSA) is 119 Å². The maximum atomic E-state index is 13.4. The van der Waals surface area contributed by atoms with Gasteiger partial charge in [-0.15, -0.1) is 0 Å². The SMILES string of the molecule is CCOC(=O)C(C)NC(=O)c1cc(Cl)c(C(=O)n2ccc3c(NC(=O)C4CC4)nccc32)c(Cl)c1. The van der Waals surface area contributed by atoms with Gasteiger partial charge in [-0.05, 0) is 51.0 Å². The first-order valence-corrected chi connectivity index (χ1v) is 11.7. The first-order chi connectivity index (χ1) is 16.7. The van der Waals surface area contributed by atoms with Crippen molar-refractivity contribution >= 4 is 63.6 Å². The van der Waals surface area contributed by atoms with Crippen molar-refractivity contribution in [1.29, 1.82) is 0 Å². The Bertz CT molecular complexity index is 1330. The molecule has 0 bridgehead atoms. The van der Waals surface area contributed by atoms with Crippen LogP contribution in [0.3, 0.4) is 0 Å². The Morgan fingerprint density at radius 2 is 1.86 bits per heavy atom. The molecule has 2 amide bonds. The van der Waals surface area contributed by atoms with Crippen molar-refractivity contribution in [3.05, 3.63) is 57.8 Å². The van der Waals surface area contributed by atoms with Crippen LogP contribution in [0.5, 0.6) is 0 Å². The van der Waals surface area contributed by atoms with E-state index in [9.17, 15) is 19.2 Å². The molecule has 35 heavy (non-hydrogen) atoms. The van der Waals surface area contributed by atoms with Crippen LogP contribution < -0.4 is 10.6 Å². The van der Waals surface area contributed by atoms with Crippen LogP contribution in [0.25, 0.3) is 10.9 Å². The molecule has 2 heterocycles. The van der Waals surface area contributed by atoms with Crippen molar-refractivity contribution in [3.8, 4) is 0 Å². The normalized spacial score (nSPS) is 13.8. The van der Waals surface area contributed by atoms with E-state index in [4.69, 9.17) is 27.9 Å². The molecule has 1 unspecified atom stereocenters. The molecule has 3 aromatic rings. The largest absolute Gasteiger partial charge is 0.464 e. The van der Waals surface area contributed by atoms with E-state index in [1.54, 1.807) is 19.1 Å².